The molecule has 0 radical (unpaired) electrons. The summed E-state index contributed by atoms with van der Waals surface area (Å²) < 4.78 is 15.2. The lowest BCUT2D eigenvalue weighted by Gasteiger charge is -2.13. The minimum absolute atomic E-state index is 0.174. The topological polar surface area (TPSA) is 43.6 Å². The van der Waals surface area contributed by atoms with Gasteiger partial charge in [0.25, 0.3) is 0 Å². The fourth-order valence-corrected chi connectivity index (χ4v) is 1.15. The zero-order valence-electron chi connectivity index (χ0n) is 8.66. The first kappa shape index (κ1) is 11.2. The van der Waals surface area contributed by atoms with Gasteiger partial charge >= 0.3 is 0 Å². The number of methoxy groups -OCH3 is 2. The molecule has 1 rings (SSSR count). The van der Waals surface area contributed by atoms with Gasteiger partial charge in [0.2, 0.25) is 0 Å². The van der Waals surface area contributed by atoms with Gasteiger partial charge in [-0.25, -0.2) is 0 Å². The fraction of sp³-hybridized carbons (Fsp3) is 0.600. The van der Waals surface area contributed by atoms with E-state index in [4.69, 9.17) is 13.9 Å². The minimum atomic E-state index is -0.174. The molecule has 1 aromatic heterocycles. The summed E-state index contributed by atoms with van der Waals surface area (Å²) in [5.74, 6) is 0.990. The molecule has 1 N–H and O–H groups in total. The van der Waals surface area contributed by atoms with Gasteiger partial charge in [0.15, 0.2) is 6.29 Å². The number of hydrogen-bond donors (Lipinski definition) is 1. The summed E-state index contributed by atoms with van der Waals surface area (Å²) in [7, 11) is 3.25. The van der Waals surface area contributed by atoms with Crippen molar-refractivity contribution in [2.45, 2.75) is 12.7 Å². The number of furan rings is 1. The van der Waals surface area contributed by atoms with E-state index in [1.807, 2.05) is 12.1 Å². The highest BCUT2D eigenvalue weighted by Crippen LogP contribution is 1.99. The number of ether oxygens (including phenoxy) is 2. The lowest BCUT2D eigenvalue weighted by atomic mass is 10.3. The fourth-order valence-electron chi connectivity index (χ4n) is 1.15. The second-order valence-corrected chi connectivity index (χ2v) is 2.93. The number of rotatable bonds is 7. The van der Waals surface area contributed by atoms with Crippen LogP contribution in [0.25, 0.3) is 0 Å². The molecule has 0 atom stereocenters. The average molecular weight is 199 g/mol. The number of hydrogen-bond acceptors (Lipinski definition) is 4. The molecule has 1 heterocycles. The SMILES string of the molecule is COC(CNCCc1ccco1)OC. The smallest absolute Gasteiger partial charge is 0.169 e. The van der Waals surface area contributed by atoms with Crippen LogP contribution in [0, 0.1) is 0 Å². The Morgan fingerprint density at radius 3 is 2.79 bits per heavy atom. The van der Waals surface area contributed by atoms with Gasteiger partial charge < -0.3 is 19.2 Å². The van der Waals surface area contributed by atoms with Crippen molar-refractivity contribution in [1.29, 1.82) is 0 Å². The van der Waals surface area contributed by atoms with Gasteiger partial charge in [0.05, 0.1) is 6.26 Å². The van der Waals surface area contributed by atoms with Crippen molar-refractivity contribution in [1.82, 2.24) is 5.32 Å². The van der Waals surface area contributed by atoms with Gasteiger partial charge in [0, 0.05) is 33.7 Å². The van der Waals surface area contributed by atoms with Crippen LogP contribution in [0.4, 0.5) is 0 Å². The predicted octanol–water partition coefficient (Wildman–Crippen LogP) is 1.03. The highest BCUT2D eigenvalue weighted by Gasteiger charge is 2.03. The van der Waals surface area contributed by atoms with Gasteiger partial charge in [-0.2, -0.15) is 0 Å². The van der Waals surface area contributed by atoms with Crippen molar-refractivity contribution in [3.63, 3.8) is 0 Å². The molecular formula is C10H17NO3. The third-order valence-corrected chi connectivity index (χ3v) is 1.97. The maximum atomic E-state index is 5.19. The molecule has 4 heteroatoms. The van der Waals surface area contributed by atoms with Gasteiger partial charge in [-0.1, -0.05) is 0 Å². The summed E-state index contributed by atoms with van der Waals surface area (Å²) >= 11 is 0. The van der Waals surface area contributed by atoms with E-state index < -0.39 is 0 Å². The van der Waals surface area contributed by atoms with Crippen LogP contribution in [0.1, 0.15) is 5.76 Å². The Hall–Kier alpha value is -0.840. The van der Waals surface area contributed by atoms with E-state index >= 15 is 0 Å². The maximum Gasteiger partial charge on any atom is 0.169 e. The van der Waals surface area contributed by atoms with Gasteiger partial charge in [-0.3, -0.25) is 0 Å². The zero-order valence-corrected chi connectivity index (χ0v) is 8.66. The molecule has 0 spiro atoms. The summed E-state index contributed by atoms with van der Waals surface area (Å²) in [6, 6.07) is 3.86. The standard InChI is InChI=1S/C10H17NO3/c1-12-10(13-2)8-11-6-5-9-4-3-7-14-9/h3-4,7,10-11H,5-6,8H2,1-2H3. The molecule has 1 aromatic rings. The first-order valence-electron chi connectivity index (χ1n) is 4.65. The van der Waals surface area contributed by atoms with E-state index in [0.29, 0.717) is 6.54 Å². The van der Waals surface area contributed by atoms with E-state index in [-0.39, 0.29) is 6.29 Å². The monoisotopic (exact) mass is 199 g/mol. The first-order chi connectivity index (χ1) is 6.86. The lowest BCUT2D eigenvalue weighted by molar-refractivity contribution is -0.0986. The van der Waals surface area contributed by atoms with E-state index in [9.17, 15) is 0 Å². The Morgan fingerprint density at radius 2 is 2.21 bits per heavy atom. The van der Waals surface area contributed by atoms with Crippen LogP contribution in [-0.4, -0.2) is 33.6 Å². The van der Waals surface area contributed by atoms with Crippen molar-refractivity contribution < 1.29 is 13.9 Å². The van der Waals surface area contributed by atoms with Crippen molar-refractivity contribution in [2.24, 2.45) is 0 Å². The second-order valence-electron chi connectivity index (χ2n) is 2.93. The zero-order chi connectivity index (χ0) is 10.2. The van der Waals surface area contributed by atoms with Crippen molar-refractivity contribution in [3.8, 4) is 0 Å². The molecule has 0 aromatic carbocycles. The van der Waals surface area contributed by atoms with Crippen molar-refractivity contribution >= 4 is 0 Å². The Morgan fingerprint density at radius 1 is 1.43 bits per heavy atom. The van der Waals surface area contributed by atoms with Crippen LogP contribution < -0.4 is 5.32 Å². The molecule has 0 amide bonds. The van der Waals surface area contributed by atoms with Crippen LogP contribution in [0.15, 0.2) is 22.8 Å². The number of nitrogens with one attached hydrogen (secondary N) is 1. The molecule has 0 aliphatic heterocycles. The summed E-state index contributed by atoms with van der Waals surface area (Å²) in [6.45, 7) is 1.55. The predicted molar refractivity (Wildman–Crippen MR) is 53.1 cm³/mol. The Labute approximate surface area is 84.2 Å². The van der Waals surface area contributed by atoms with Gasteiger partial charge in [-0.15, -0.1) is 0 Å². The molecule has 0 aliphatic carbocycles. The Bertz CT molecular complexity index is 219. The molecule has 14 heavy (non-hydrogen) atoms. The molecule has 0 fully saturated rings. The summed E-state index contributed by atoms with van der Waals surface area (Å²) in [5.41, 5.74) is 0. The Kier molecular flexibility index (Phi) is 5.29. The molecule has 0 bridgehead atoms. The minimum Gasteiger partial charge on any atom is -0.469 e. The van der Waals surface area contributed by atoms with Crippen molar-refractivity contribution in [2.75, 3.05) is 27.3 Å². The third kappa shape index (κ3) is 3.91. The average Bonchev–Trinajstić information content (AvgIpc) is 2.71. The molecule has 4 nitrogen and oxygen atoms in total. The summed E-state index contributed by atoms with van der Waals surface area (Å²) in [6.07, 6.45) is 2.39. The van der Waals surface area contributed by atoms with Gasteiger partial charge in [-0.05, 0) is 12.1 Å². The largest absolute Gasteiger partial charge is 0.469 e. The summed E-state index contributed by atoms with van der Waals surface area (Å²) in [5, 5.41) is 3.22. The normalized spacial score (nSPS) is 11.1. The van der Waals surface area contributed by atoms with Crippen LogP contribution in [0.5, 0.6) is 0 Å². The molecule has 80 valence electrons. The molecule has 0 saturated heterocycles. The van der Waals surface area contributed by atoms with Crippen molar-refractivity contribution in [3.05, 3.63) is 24.2 Å². The first-order valence-corrected chi connectivity index (χ1v) is 4.65. The van der Waals surface area contributed by atoms with E-state index in [2.05, 4.69) is 5.32 Å². The lowest BCUT2D eigenvalue weighted by Crippen LogP contribution is -2.30. The quantitative estimate of drug-likeness (QED) is 0.526. The molecule has 0 unspecified atom stereocenters. The Balaban J connectivity index is 2.04. The van der Waals surface area contributed by atoms with Crippen LogP contribution >= 0.6 is 0 Å². The van der Waals surface area contributed by atoms with Crippen LogP contribution in [-0.2, 0) is 15.9 Å². The second kappa shape index (κ2) is 6.59. The van der Waals surface area contributed by atoms with Crippen LogP contribution in [0.2, 0.25) is 0 Å². The maximum absolute atomic E-state index is 5.19. The third-order valence-electron chi connectivity index (χ3n) is 1.97. The van der Waals surface area contributed by atoms with Gasteiger partial charge in [0.1, 0.15) is 5.76 Å². The summed E-state index contributed by atoms with van der Waals surface area (Å²) in [4.78, 5) is 0. The van der Waals surface area contributed by atoms with E-state index in [1.54, 1.807) is 20.5 Å². The highest BCUT2D eigenvalue weighted by molar-refractivity contribution is 4.98. The van der Waals surface area contributed by atoms with E-state index in [1.165, 1.54) is 0 Å². The van der Waals surface area contributed by atoms with E-state index in [0.717, 1.165) is 18.7 Å². The van der Waals surface area contributed by atoms with Crippen LogP contribution in [0.3, 0.4) is 0 Å². The molecule has 0 saturated carbocycles. The molecule has 0 aliphatic rings. The highest BCUT2D eigenvalue weighted by atomic mass is 16.7. The molecular weight excluding hydrogens is 182 g/mol.